The van der Waals surface area contributed by atoms with Crippen molar-refractivity contribution in [3.8, 4) is 0 Å². The van der Waals surface area contributed by atoms with Gasteiger partial charge in [0.05, 0.1) is 5.60 Å². The summed E-state index contributed by atoms with van der Waals surface area (Å²) in [5.41, 5.74) is -0.115. The zero-order valence-electron chi connectivity index (χ0n) is 12.2. The highest BCUT2D eigenvalue weighted by atomic mass is 79.9. The average molecular weight is 345 g/mol. The van der Waals surface area contributed by atoms with E-state index >= 15 is 0 Å². The number of aliphatic hydroxyl groups excluding tert-OH is 1. The molecule has 0 radical (unpaired) electrons. The molecule has 1 atom stereocenters. The van der Waals surface area contributed by atoms with Crippen LogP contribution in [0.15, 0.2) is 22.7 Å². The number of halogens is 2. The van der Waals surface area contributed by atoms with Crippen LogP contribution in [0.2, 0.25) is 0 Å². The third-order valence-corrected chi connectivity index (χ3v) is 5.10. The number of aliphatic hydroxyl groups is 1. The smallest absolute Gasteiger partial charge is 0.129 e. The topological polar surface area (TPSA) is 29.5 Å². The van der Waals surface area contributed by atoms with E-state index < -0.39 is 11.7 Å². The first kappa shape index (κ1) is 15.9. The normalized spacial score (nSPS) is 22.5. The minimum absolute atomic E-state index is 0.261. The van der Waals surface area contributed by atoms with Gasteiger partial charge in [0.15, 0.2) is 0 Å². The molecule has 0 heterocycles. The van der Waals surface area contributed by atoms with E-state index in [-0.39, 0.29) is 11.2 Å². The van der Waals surface area contributed by atoms with Crippen LogP contribution in [0.5, 0.6) is 0 Å². The van der Waals surface area contributed by atoms with E-state index in [0.29, 0.717) is 5.56 Å². The van der Waals surface area contributed by atoms with Crippen LogP contribution in [0, 0.1) is 11.2 Å². The maximum Gasteiger partial charge on any atom is 0.129 e. The van der Waals surface area contributed by atoms with Crippen LogP contribution in [0.3, 0.4) is 0 Å². The highest BCUT2D eigenvalue weighted by Gasteiger charge is 2.45. The second-order valence-electron chi connectivity index (χ2n) is 6.50. The van der Waals surface area contributed by atoms with Crippen molar-refractivity contribution in [2.45, 2.75) is 51.2 Å². The van der Waals surface area contributed by atoms with Crippen LogP contribution in [-0.4, -0.2) is 17.8 Å². The fraction of sp³-hybridized carbons (Fsp3) is 0.625. The van der Waals surface area contributed by atoms with Gasteiger partial charge in [0, 0.05) is 17.1 Å². The Balaban J connectivity index is 2.30. The Labute approximate surface area is 128 Å². The summed E-state index contributed by atoms with van der Waals surface area (Å²) < 4.78 is 20.4. The van der Waals surface area contributed by atoms with Crippen molar-refractivity contribution in [3.05, 3.63) is 34.1 Å². The zero-order valence-corrected chi connectivity index (χ0v) is 13.8. The first-order valence-corrected chi connectivity index (χ1v) is 7.77. The monoisotopic (exact) mass is 344 g/mol. The highest BCUT2D eigenvalue weighted by molar-refractivity contribution is 9.10. The average Bonchev–Trinajstić information content (AvgIpc) is 2.41. The molecule has 1 unspecified atom stereocenters. The second-order valence-corrected chi connectivity index (χ2v) is 7.42. The van der Waals surface area contributed by atoms with Crippen LogP contribution in [0.1, 0.15) is 51.2 Å². The van der Waals surface area contributed by atoms with Gasteiger partial charge >= 0.3 is 0 Å². The lowest BCUT2D eigenvalue weighted by molar-refractivity contribution is -0.139. The Morgan fingerprint density at radius 3 is 2.40 bits per heavy atom. The van der Waals surface area contributed by atoms with Gasteiger partial charge in [-0.25, -0.2) is 4.39 Å². The van der Waals surface area contributed by atoms with E-state index in [1.54, 1.807) is 19.2 Å². The molecule has 4 heteroatoms. The molecule has 20 heavy (non-hydrogen) atoms. The predicted molar refractivity (Wildman–Crippen MR) is 81.0 cm³/mol. The Kier molecular flexibility index (Phi) is 4.57. The fourth-order valence-corrected chi connectivity index (χ4v) is 3.33. The summed E-state index contributed by atoms with van der Waals surface area (Å²) >= 11 is 3.33. The first-order chi connectivity index (χ1) is 9.30. The third kappa shape index (κ3) is 3.07. The minimum atomic E-state index is -0.943. The molecule has 0 spiro atoms. The minimum Gasteiger partial charge on any atom is -0.385 e. The van der Waals surface area contributed by atoms with Gasteiger partial charge in [0.2, 0.25) is 0 Å². The van der Waals surface area contributed by atoms with Gasteiger partial charge in [-0.1, -0.05) is 29.8 Å². The molecule has 1 saturated carbocycles. The predicted octanol–water partition coefficient (Wildman–Crippen LogP) is 4.61. The number of rotatable bonds is 3. The molecule has 2 rings (SSSR count). The first-order valence-electron chi connectivity index (χ1n) is 6.98. The number of benzene rings is 1. The van der Waals surface area contributed by atoms with E-state index in [0.717, 1.165) is 30.2 Å². The highest BCUT2D eigenvalue weighted by Crippen LogP contribution is 2.47. The van der Waals surface area contributed by atoms with Crippen LogP contribution in [0.4, 0.5) is 4.39 Å². The molecule has 1 fully saturated rings. The fourth-order valence-electron chi connectivity index (χ4n) is 2.95. The van der Waals surface area contributed by atoms with Crippen molar-refractivity contribution < 1.29 is 14.2 Å². The van der Waals surface area contributed by atoms with E-state index in [9.17, 15) is 9.50 Å². The number of ether oxygens (including phenoxy) is 1. The van der Waals surface area contributed by atoms with Gasteiger partial charge in [-0.3, -0.25) is 0 Å². The largest absolute Gasteiger partial charge is 0.385 e. The van der Waals surface area contributed by atoms with Crippen molar-refractivity contribution in [2.24, 2.45) is 5.41 Å². The molecule has 1 N–H and O–H groups in total. The molecule has 2 nitrogen and oxygen atoms in total. The lowest BCUT2D eigenvalue weighted by Gasteiger charge is -2.45. The molecule has 112 valence electrons. The Hall–Kier alpha value is -0.450. The standard InChI is InChI=1S/C16H22BrFO2/c1-15(2)6-8-16(20-3,9-7-15)14(19)12-10-11(17)4-5-13(12)18/h4-5,10,14,19H,6-9H2,1-3H3. The number of hydrogen-bond donors (Lipinski definition) is 1. The van der Waals surface area contributed by atoms with Gasteiger partial charge in [-0.2, -0.15) is 0 Å². The molecule has 1 aliphatic carbocycles. The van der Waals surface area contributed by atoms with Gasteiger partial charge < -0.3 is 9.84 Å². The summed E-state index contributed by atoms with van der Waals surface area (Å²) in [6, 6.07) is 4.65. The summed E-state index contributed by atoms with van der Waals surface area (Å²) in [4.78, 5) is 0. The van der Waals surface area contributed by atoms with Crippen molar-refractivity contribution in [1.29, 1.82) is 0 Å². The van der Waals surface area contributed by atoms with E-state index in [2.05, 4.69) is 29.8 Å². The molecular weight excluding hydrogens is 323 g/mol. The summed E-state index contributed by atoms with van der Waals surface area (Å²) in [6.07, 6.45) is 2.47. The third-order valence-electron chi connectivity index (χ3n) is 4.61. The quantitative estimate of drug-likeness (QED) is 0.867. The SMILES string of the molecule is COC1(C(O)c2cc(Br)ccc2F)CCC(C)(C)CC1. The van der Waals surface area contributed by atoms with Crippen molar-refractivity contribution >= 4 is 15.9 Å². The summed E-state index contributed by atoms with van der Waals surface area (Å²) in [7, 11) is 1.61. The Morgan fingerprint density at radius 2 is 1.85 bits per heavy atom. The zero-order chi connectivity index (χ0) is 15.0. The van der Waals surface area contributed by atoms with E-state index in [4.69, 9.17) is 4.74 Å². The summed E-state index contributed by atoms with van der Waals surface area (Å²) in [5, 5.41) is 10.7. The van der Waals surface area contributed by atoms with Crippen molar-refractivity contribution in [2.75, 3.05) is 7.11 Å². The molecule has 0 aromatic heterocycles. The van der Waals surface area contributed by atoms with Crippen LogP contribution in [0.25, 0.3) is 0 Å². The van der Waals surface area contributed by atoms with E-state index in [1.807, 2.05) is 0 Å². The maximum atomic E-state index is 14.0. The lowest BCUT2D eigenvalue weighted by atomic mass is 9.68. The molecular formula is C16H22BrFO2. The number of methoxy groups -OCH3 is 1. The summed E-state index contributed by atoms with van der Waals surface area (Å²) in [6.45, 7) is 4.44. The molecule has 0 amide bonds. The van der Waals surface area contributed by atoms with Crippen LogP contribution < -0.4 is 0 Å². The van der Waals surface area contributed by atoms with Gasteiger partial charge in [0.25, 0.3) is 0 Å². The van der Waals surface area contributed by atoms with Crippen molar-refractivity contribution in [1.82, 2.24) is 0 Å². The van der Waals surface area contributed by atoms with Gasteiger partial charge in [-0.15, -0.1) is 0 Å². The second kappa shape index (κ2) is 5.74. The van der Waals surface area contributed by atoms with Gasteiger partial charge in [-0.05, 0) is 49.3 Å². The Bertz CT molecular complexity index is 477. The van der Waals surface area contributed by atoms with Gasteiger partial charge in [0.1, 0.15) is 11.9 Å². The van der Waals surface area contributed by atoms with Crippen molar-refractivity contribution in [3.63, 3.8) is 0 Å². The molecule has 0 bridgehead atoms. The molecule has 0 aliphatic heterocycles. The number of hydrogen-bond acceptors (Lipinski definition) is 2. The Morgan fingerprint density at radius 1 is 1.25 bits per heavy atom. The molecule has 1 aromatic rings. The molecule has 1 aliphatic rings. The molecule has 0 saturated heterocycles. The van der Waals surface area contributed by atoms with Crippen LogP contribution in [-0.2, 0) is 4.74 Å². The summed E-state index contributed by atoms with van der Waals surface area (Å²) in [5.74, 6) is -0.387. The van der Waals surface area contributed by atoms with Crippen LogP contribution >= 0.6 is 15.9 Å². The maximum absolute atomic E-state index is 14.0. The lowest BCUT2D eigenvalue weighted by Crippen LogP contribution is -2.44. The molecule has 1 aromatic carbocycles. The van der Waals surface area contributed by atoms with E-state index in [1.165, 1.54) is 6.07 Å².